The van der Waals surface area contributed by atoms with Gasteiger partial charge < -0.3 is 24.2 Å². The van der Waals surface area contributed by atoms with Crippen molar-refractivity contribution < 1.29 is 52.2 Å². The lowest BCUT2D eigenvalue weighted by molar-refractivity contribution is -0.161. The van der Waals surface area contributed by atoms with Crippen LogP contribution in [0, 0.1) is 0 Å². The molecule has 0 aliphatic heterocycles. The molecular formula is C62H105O11P. The van der Waals surface area contributed by atoms with Crippen molar-refractivity contribution in [1.82, 2.24) is 0 Å². The lowest BCUT2D eigenvalue weighted by atomic mass is 10.1. The average Bonchev–Trinajstić information content (AvgIpc) is 3.39. The largest absolute Gasteiger partial charge is 0.472 e. The van der Waals surface area contributed by atoms with Crippen molar-refractivity contribution >= 4 is 25.7 Å². The molecule has 74 heavy (non-hydrogen) atoms. The maximum Gasteiger partial charge on any atom is 0.472 e. The third-order valence-electron chi connectivity index (χ3n) is 12.0. The van der Waals surface area contributed by atoms with E-state index in [0.717, 1.165) is 122 Å². The Balaban J connectivity index is 4.78. The van der Waals surface area contributed by atoms with E-state index in [0.29, 0.717) is 19.3 Å². The zero-order valence-electron chi connectivity index (χ0n) is 46.8. The predicted octanol–water partition coefficient (Wildman–Crippen LogP) is 17.3. The zero-order chi connectivity index (χ0) is 54.1. The Bertz CT molecular complexity index is 1610. The molecule has 0 spiro atoms. The van der Waals surface area contributed by atoms with Gasteiger partial charge in [0, 0.05) is 19.3 Å². The highest BCUT2D eigenvalue weighted by atomic mass is 31.2. The first-order valence-corrected chi connectivity index (χ1v) is 30.6. The molecule has 0 aliphatic carbocycles. The summed E-state index contributed by atoms with van der Waals surface area (Å²) in [7, 11) is -4.76. The van der Waals surface area contributed by atoms with Gasteiger partial charge in [0.15, 0.2) is 6.10 Å². The van der Waals surface area contributed by atoms with Gasteiger partial charge in [-0.25, -0.2) is 4.57 Å². The van der Waals surface area contributed by atoms with Crippen LogP contribution in [-0.2, 0) is 42.2 Å². The second kappa shape index (κ2) is 55.6. The summed E-state index contributed by atoms with van der Waals surface area (Å²) in [5.74, 6) is -1.52. The van der Waals surface area contributed by atoms with Crippen LogP contribution in [0.1, 0.15) is 239 Å². The number of aliphatic hydroxyl groups is 1. The number of carbonyl (C=O) groups is 3. The number of esters is 3. The van der Waals surface area contributed by atoms with E-state index in [-0.39, 0.29) is 25.9 Å². The fraction of sp³-hybridized carbons (Fsp3) is 0.694. The summed E-state index contributed by atoms with van der Waals surface area (Å²) >= 11 is 0. The van der Waals surface area contributed by atoms with Crippen molar-refractivity contribution in [3.05, 3.63) is 97.2 Å². The van der Waals surface area contributed by atoms with E-state index in [2.05, 4.69) is 118 Å². The second-order valence-electron chi connectivity index (χ2n) is 19.0. The molecule has 0 aromatic carbocycles. The Morgan fingerprint density at radius 3 is 1.09 bits per heavy atom. The van der Waals surface area contributed by atoms with Crippen molar-refractivity contribution in [2.24, 2.45) is 0 Å². The van der Waals surface area contributed by atoms with Crippen molar-refractivity contribution in [3.63, 3.8) is 0 Å². The number of phosphoric acid groups is 1. The van der Waals surface area contributed by atoms with Gasteiger partial charge in [-0.1, -0.05) is 201 Å². The van der Waals surface area contributed by atoms with Crippen LogP contribution in [-0.4, -0.2) is 66.5 Å². The summed E-state index contributed by atoms with van der Waals surface area (Å²) in [6.07, 6.45) is 65.1. The molecule has 0 aliphatic rings. The summed E-state index contributed by atoms with van der Waals surface area (Å²) < 4.78 is 39.5. The van der Waals surface area contributed by atoms with Crippen molar-refractivity contribution in [1.29, 1.82) is 0 Å². The number of unbranched alkanes of at least 4 members (excludes halogenated alkanes) is 20. The van der Waals surface area contributed by atoms with Gasteiger partial charge in [-0.2, -0.15) is 0 Å². The fourth-order valence-corrected chi connectivity index (χ4v) is 8.37. The van der Waals surface area contributed by atoms with Crippen LogP contribution in [0.3, 0.4) is 0 Å². The molecule has 0 bridgehead atoms. The van der Waals surface area contributed by atoms with Gasteiger partial charge in [0.05, 0.1) is 19.8 Å². The molecule has 0 heterocycles. The number of ether oxygens (including phenoxy) is 3. The summed E-state index contributed by atoms with van der Waals surface area (Å²) in [5, 5.41) is 9.80. The number of phosphoric ester groups is 1. The topological polar surface area (TPSA) is 155 Å². The number of rotatable bonds is 53. The molecule has 424 valence electrons. The maximum atomic E-state index is 12.9. The Morgan fingerprint density at radius 2 is 0.703 bits per heavy atom. The lowest BCUT2D eigenvalue weighted by Crippen LogP contribution is -2.30. The molecule has 0 saturated heterocycles. The number of carbonyl (C=O) groups excluding carboxylic acids is 3. The fourth-order valence-electron chi connectivity index (χ4n) is 7.59. The molecule has 0 aromatic heterocycles. The molecule has 12 heteroatoms. The van der Waals surface area contributed by atoms with E-state index in [9.17, 15) is 28.9 Å². The first-order valence-electron chi connectivity index (χ1n) is 29.1. The highest BCUT2D eigenvalue weighted by Crippen LogP contribution is 2.43. The van der Waals surface area contributed by atoms with Gasteiger partial charge in [-0.15, -0.1) is 0 Å². The molecule has 2 N–H and O–H groups in total. The molecule has 0 saturated carbocycles. The van der Waals surface area contributed by atoms with Crippen LogP contribution in [0.5, 0.6) is 0 Å². The molecule has 0 amide bonds. The Kier molecular flexibility index (Phi) is 52.9. The van der Waals surface area contributed by atoms with E-state index < -0.39 is 57.8 Å². The minimum absolute atomic E-state index is 0.137. The monoisotopic (exact) mass is 1060 g/mol. The van der Waals surface area contributed by atoms with E-state index >= 15 is 0 Å². The molecule has 0 aromatic rings. The summed E-state index contributed by atoms with van der Waals surface area (Å²) in [6.45, 7) is 4.33. The van der Waals surface area contributed by atoms with Crippen molar-refractivity contribution in [2.75, 3.05) is 26.4 Å². The number of hydrogen-bond donors (Lipinski definition) is 2. The molecule has 11 nitrogen and oxygen atoms in total. The van der Waals surface area contributed by atoms with Gasteiger partial charge in [-0.05, 0) is 116 Å². The molecule has 0 rings (SSSR count). The van der Waals surface area contributed by atoms with Crippen LogP contribution in [0.2, 0.25) is 0 Å². The quantitative estimate of drug-likeness (QED) is 0.0197. The minimum Gasteiger partial charge on any atom is -0.462 e. The van der Waals surface area contributed by atoms with Crippen molar-refractivity contribution in [2.45, 2.75) is 251 Å². The van der Waals surface area contributed by atoms with Gasteiger partial charge in [0.1, 0.15) is 12.7 Å². The van der Waals surface area contributed by atoms with Crippen LogP contribution >= 0.6 is 7.82 Å². The smallest absolute Gasteiger partial charge is 0.462 e. The average molecular weight is 1060 g/mol. The molecular weight excluding hydrogens is 952 g/mol. The predicted molar refractivity (Wildman–Crippen MR) is 307 cm³/mol. The third kappa shape index (κ3) is 53.2. The molecule has 3 unspecified atom stereocenters. The number of aliphatic hydroxyl groups excluding tert-OH is 1. The van der Waals surface area contributed by atoms with Gasteiger partial charge in [-0.3, -0.25) is 23.4 Å². The lowest BCUT2D eigenvalue weighted by Gasteiger charge is -2.21. The second-order valence-corrected chi connectivity index (χ2v) is 20.5. The Morgan fingerprint density at radius 1 is 0.392 bits per heavy atom. The molecule has 0 radical (unpaired) electrons. The van der Waals surface area contributed by atoms with Gasteiger partial charge in [0.25, 0.3) is 0 Å². The number of hydrogen-bond acceptors (Lipinski definition) is 10. The highest BCUT2D eigenvalue weighted by molar-refractivity contribution is 7.47. The standard InChI is InChI=1S/C62H105O11P/c1-4-7-10-13-16-19-22-25-27-28-29-30-32-35-38-41-44-47-50-53-62(66)73-59(55-69-60(64)51-48-45-42-39-36-34-31-26-23-20-17-14-11-8-5-2)57-71-74(67,68)70-56-58(54-63)72-61(65)52-49-46-43-40-37-33-24-21-18-15-12-9-6-3/h8-9,11-12,16-21,25-27,31,33,37,58-59,63H,4-7,10,13-15,22-24,28-30,32,34-36,38-57H2,1-3H3,(H,67,68)/b11-8-,12-9-,19-16-,20-17-,21-18-,27-25-,31-26-,37-33-. The normalized spacial score (nSPS) is 14.1. The Hall–Kier alpha value is -3.60. The number of allylic oxidation sites excluding steroid dienone is 16. The van der Waals surface area contributed by atoms with Crippen LogP contribution in [0.25, 0.3) is 0 Å². The maximum absolute atomic E-state index is 12.9. The minimum atomic E-state index is -4.76. The summed E-state index contributed by atoms with van der Waals surface area (Å²) in [5.41, 5.74) is 0. The van der Waals surface area contributed by atoms with Crippen LogP contribution < -0.4 is 0 Å². The first-order chi connectivity index (χ1) is 36.2. The van der Waals surface area contributed by atoms with Crippen molar-refractivity contribution in [3.8, 4) is 0 Å². The summed E-state index contributed by atoms with van der Waals surface area (Å²) in [4.78, 5) is 48.5. The van der Waals surface area contributed by atoms with Gasteiger partial charge in [0.2, 0.25) is 0 Å². The van der Waals surface area contributed by atoms with Crippen LogP contribution in [0.4, 0.5) is 0 Å². The van der Waals surface area contributed by atoms with Crippen LogP contribution in [0.15, 0.2) is 97.2 Å². The third-order valence-corrected chi connectivity index (χ3v) is 12.9. The SMILES string of the molecule is CC/C=C\C/C=C\C/C=C\CCCCCCCC(=O)OCC(COP(=O)(O)OCC(CO)OC(=O)CCCCC/C=C\C/C=C\C/C=C\CC)OC(=O)CCCCCCCCCCC/C=C\C/C=C\CCCCC. The van der Waals surface area contributed by atoms with E-state index in [4.69, 9.17) is 23.3 Å². The zero-order valence-corrected chi connectivity index (χ0v) is 47.7. The Labute approximate surface area is 451 Å². The highest BCUT2D eigenvalue weighted by Gasteiger charge is 2.28. The van der Waals surface area contributed by atoms with Gasteiger partial charge >= 0.3 is 25.7 Å². The first kappa shape index (κ1) is 70.4. The van der Waals surface area contributed by atoms with E-state index in [1.807, 2.05) is 0 Å². The van der Waals surface area contributed by atoms with E-state index in [1.54, 1.807) is 0 Å². The molecule has 3 atom stereocenters. The molecule has 0 fully saturated rings. The summed E-state index contributed by atoms with van der Waals surface area (Å²) in [6, 6.07) is 0. The van der Waals surface area contributed by atoms with E-state index in [1.165, 1.54) is 57.8 Å².